The van der Waals surface area contributed by atoms with Crippen molar-refractivity contribution in [2.24, 2.45) is 5.92 Å². The third-order valence-corrected chi connectivity index (χ3v) is 2.51. The third kappa shape index (κ3) is 3.91. The summed E-state index contributed by atoms with van der Waals surface area (Å²) < 4.78 is 0. The van der Waals surface area contributed by atoms with E-state index in [9.17, 15) is 0 Å². The Morgan fingerprint density at radius 1 is 1.33 bits per heavy atom. The Kier molecular flexibility index (Phi) is 5.09. The van der Waals surface area contributed by atoms with Crippen LogP contribution in [0.5, 0.6) is 0 Å². The molecule has 1 aliphatic rings. The molecule has 1 heteroatoms. The Balaban J connectivity index is 1.98. The number of nitrogens with one attached hydrogen (secondary N) is 1. The maximum atomic E-state index is 3.39. The highest BCUT2D eigenvalue weighted by atomic mass is 14.9. The maximum Gasteiger partial charge on any atom is 0.0135 e. The molecule has 1 atom stereocenters. The molecular weight excluding hydrogens is 146 g/mol. The minimum atomic E-state index is 0.815. The Labute approximate surface area is 76.2 Å². The Bertz CT molecular complexity index is 129. The lowest BCUT2D eigenvalue weighted by atomic mass is 9.98. The molecular formula is C11H21N. The van der Waals surface area contributed by atoms with Crippen LogP contribution in [0, 0.1) is 5.92 Å². The summed E-state index contributed by atoms with van der Waals surface area (Å²) in [4.78, 5) is 0. The van der Waals surface area contributed by atoms with Crippen LogP contribution in [0.1, 0.15) is 39.0 Å². The van der Waals surface area contributed by atoms with Crippen LogP contribution in [0.25, 0.3) is 0 Å². The summed E-state index contributed by atoms with van der Waals surface area (Å²) in [7, 11) is 0. The summed E-state index contributed by atoms with van der Waals surface area (Å²) in [6, 6.07) is 0. The Hall–Kier alpha value is -0.300. The predicted octanol–water partition coefficient (Wildman–Crippen LogP) is 2.73. The van der Waals surface area contributed by atoms with Crippen molar-refractivity contribution in [2.75, 3.05) is 13.1 Å². The minimum Gasteiger partial charge on any atom is -0.313 e. The number of hydrogen-bond donors (Lipinski definition) is 1. The monoisotopic (exact) mass is 167 g/mol. The number of rotatable bonds is 5. The average molecular weight is 167 g/mol. The van der Waals surface area contributed by atoms with Gasteiger partial charge in [0.05, 0.1) is 0 Å². The molecule has 1 nitrogen and oxygen atoms in total. The van der Waals surface area contributed by atoms with E-state index in [1.54, 1.807) is 0 Å². The van der Waals surface area contributed by atoms with Crippen molar-refractivity contribution < 1.29 is 0 Å². The second kappa shape index (κ2) is 6.24. The highest BCUT2D eigenvalue weighted by Gasteiger charge is 2.06. The molecule has 1 aliphatic heterocycles. The van der Waals surface area contributed by atoms with Crippen molar-refractivity contribution in [1.82, 2.24) is 5.32 Å². The highest BCUT2D eigenvalue weighted by Crippen LogP contribution is 2.13. The van der Waals surface area contributed by atoms with Gasteiger partial charge in [0.1, 0.15) is 0 Å². The molecule has 0 spiro atoms. The van der Waals surface area contributed by atoms with Crippen LogP contribution < -0.4 is 5.32 Å². The molecule has 0 aromatic carbocycles. The average Bonchev–Trinajstić information content (AvgIpc) is 2.14. The fourth-order valence-electron chi connectivity index (χ4n) is 1.71. The molecule has 12 heavy (non-hydrogen) atoms. The molecule has 0 saturated heterocycles. The third-order valence-electron chi connectivity index (χ3n) is 2.51. The Morgan fingerprint density at radius 2 is 2.25 bits per heavy atom. The zero-order valence-electron chi connectivity index (χ0n) is 8.18. The lowest BCUT2D eigenvalue weighted by Gasteiger charge is -2.16. The van der Waals surface area contributed by atoms with Crippen LogP contribution in [0.2, 0.25) is 0 Å². The fourth-order valence-corrected chi connectivity index (χ4v) is 1.71. The molecule has 1 rings (SSSR count). The number of hydrogen-bond acceptors (Lipinski definition) is 1. The summed E-state index contributed by atoms with van der Waals surface area (Å²) in [6.07, 6.45) is 11.6. The van der Waals surface area contributed by atoms with E-state index in [0.717, 1.165) is 12.5 Å². The second-order valence-corrected chi connectivity index (χ2v) is 3.70. The van der Waals surface area contributed by atoms with E-state index in [1.807, 2.05) is 0 Å². The smallest absolute Gasteiger partial charge is 0.0135 e. The minimum absolute atomic E-state index is 0.815. The van der Waals surface area contributed by atoms with Gasteiger partial charge in [-0.05, 0) is 12.3 Å². The van der Waals surface area contributed by atoms with Gasteiger partial charge in [0.15, 0.2) is 0 Å². The quantitative estimate of drug-likeness (QED) is 0.490. The molecule has 70 valence electrons. The van der Waals surface area contributed by atoms with Gasteiger partial charge in [0.25, 0.3) is 0 Å². The first-order valence-corrected chi connectivity index (χ1v) is 5.31. The largest absolute Gasteiger partial charge is 0.313 e. The molecule has 0 radical (unpaired) electrons. The molecule has 0 aromatic rings. The fraction of sp³-hybridized carbons (Fsp3) is 0.818. The van der Waals surface area contributed by atoms with Crippen LogP contribution in [-0.2, 0) is 0 Å². The van der Waals surface area contributed by atoms with Crippen LogP contribution in [0.15, 0.2) is 12.2 Å². The molecule has 1 N–H and O–H groups in total. The normalized spacial score (nSPS) is 22.9. The van der Waals surface area contributed by atoms with Gasteiger partial charge < -0.3 is 5.32 Å². The second-order valence-electron chi connectivity index (χ2n) is 3.70. The van der Waals surface area contributed by atoms with E-state index in [4.69, 9.17) is 0 Å². The number of unbranched alkanes of at least 4 members (excludes halogenated alkanes) is 3. The van der Waals surface area contributed by atoms with Gasteiger partial charge in [0.2, 0.25) is 0 Å². The molecule has 0 amide bonds. The van der Waals surface area contributed by atoms with Crippen molar-refractivity contribution in [3.05, 3.63) is 12.2 Å². The van der Waals surface area contributed by atoms with Crippen LogP contribution in [0.3, 0.4) is 0 Å². The van der Waals surface area contributed by atoms with Crippen LogP contribution in [-0.4, -0.2) is 13.1 Å². The van der Waals surface area contributed by atoms with Gasteiger partial charge in [-0.3, -0.25) is 0 Å². The predicted molar refractivity (Wildman–Crippen MR) is 54.3 cm³/mol. The first kappa shape index (κ1) is 9.79. The lowest BCUT2D eigenvalue weighted by Crippen LogP contribution is -2.25. The van der Waals surface area contributed by atoms with Gasteiger partial charge >= 0.3 is 0 Å². The molecule has 1 heterocycles. The van der Waals surface area contributed by atoms with E-state index < -0.39 is 0 Å². The standard InChI is InChI=1S/C11H21N/c1-2-3-4-5-7-11-8-6-9-12-10-11/h6,8,11-12H,2-5,7,9-10H2,1H3. The molecule has 0 aromatic heterocycles. The molecule has 0 fully saturated rings. The van der Waals surface area contributed by atoms with Crippen LogP contribution in [0.4, 0.5) is 0 Å². The van der Waals surface area contributed by atoms with Crippen molar-refractivity contribution in [3.8, 4) is 0 Å². The van der Waals surface area contributed by atoms with E-state index in [2.05, 4.69) is 24.4 Å². The van der Waals surface area contributed by atoms with E-state index >= 15 is 0 Å². The van der Waals surface area contributed by atoms with Crippen molar-refractivity contribution >= 4 is 0 Å². The summed E-state index contributed by atoms with van der Waals surface area (Å²) >= 11 is 0. The zero-order valence-corrected chi connectivity index (χ0v) is 8.18. The van der Waals surface area contributed by atoms with Gasteiger partial charge in [-0.1, -0.05) is 44.8 Å². The maximum absolute atomic E-state index is 3.39. The lowest BCUT2D eigenvalue weighted by molar-refractivity contribution is 0.488. The van der Waals surface area contributed by atoms with Crippen molar-refractivity contribution in [1.29, 1.82) is 0 Å². The van der Waals surface area contributed by atoms with Crippen molar-refractivity contribution in [3.63, 3.8) is 0 Å². The first-order chi connectivity index (χ1) is 5.93. The molecule has 0 saturated carbocycles. The summed E-state index contributed by atoms with van der Waals surface area (Å²) in [5.41, 5.74) is 0. The zero-order chi connectivity index (χ0) is 8.65. The Morgan fingerprint density at radius 3 is 2.92 bits per heavy atom. The van der Waals surface area contributed by atoms with E-state index in [0.29, 0.717) is 0 Å². The van der Waals surface area contributed by atoms with Gasteiger partial charge in [-0.25, -0.2) is 0 Å². The highest BCUT2D eigenvalue weighted by molar-refractivity contribution is 4.95. The van der Waals surface area contributed by atoms with E-state index in [1.165, 1.54) is 38.6 Å². The van der Waals surface area contributed by atoms with E-state index in [-0.39, 0.29) is 0 Å². The van der Waals surface area contributed by atoms with Crippen LogP contribution >= 0.6 is 0 Å². The molecule has 1 unspecified atom stereocenters. The van der Waals surface area contributed by atoms with Gasteiger partial charge in [0, 0.05) is 13.1 Å². The summed E-state index contributed by atoms with van der Waals surface area (Å²) in [5, 5.41) is 3.39. The van der Waals surface area contributed by atoms with Gasteiger partial charge in [-0.2, -0.15) is 0 Å². The SMILES string of the molecule is CCCCCCC1C=CCNC1. The van der Waals surface area contributed by atoms with Crippen molar-refractivity contribution in [2.45, 2.75) is 39.0 Å². The first-order valence-electron chi connectivity index (χ1n) is 5.31. The molecule has 0 aliphatic carbocycles. The topological polar surface area (TPSA) is 12.0 Å². The summed E-state index contributed by atoms with van der Waals surface area (Å²) in [5.74, 6) is 0.815. The molecule has 0 bridgehead atoms. The summed E-state index contributed by atoms with van der Waals surface area (Å²) in [6.45, 7) is 4.54. The van der Waals surface area contributed by atoms with Gasteiger partial charge in [-0.15, -0.1) is 0 Å².